The van der Waals surface area contributed by atoms with Crippen molar-refractivity contribution < 1.29 is 9.90 Å². The second-order valence-electron chi connectivity index (χ2n) is 6.81. The van der Waals surface area contributed by atoms with E-state index in [9.17, 15) is 9.90 Å². The summed E-state index contributed by atoms with van der Waals surface area (Å²) in [6.45, 7) is 9.01. The molecule has 0 aromatic heterocycles. The minimum atomic E-state index is 0.138. The van der Waals surface area contributed by atoms with Gasteiger partial charge in [0.15, 0.2) is 0 Å². The van der Waals surface area contributed by atoms with Gasteiger partial charge in [0.25, 0.3) is 0 Å². The zero-order valence-electron chi connectivity index (χ0n) is 14.8. The first kappa shape index (κ1) is 20.4. The summed E-state index contributed by atoms with van der Waals surface area (Å²) in [5.41, 5.74) is 0. The highest BCUT2D eigenvalue weighted by Gasteiger charge is 2.21. The summed E-state index contributed by atoms with van der Waals surface area (Å²) in [7, 11) is 1.72. The van der Waals surface area contributed by atoms with E-state index < -0.39 is 0 Å². The Kier molecular flexibility index (Phi) is 11.7. The third kappa shape index (κ3) is 8.45. The highest BCUT2D eigenvalue weighted by molar-refractivity contribution is 5.78. The maximum absolute atomic E-state index is 11.8. The number of aliphatic hydroxyl groups excluding tert-OH is 1. The fourth-order valence-electron chi connectivity index (χ4n) is 3.04. The van der Waals surface area contributed by atoms with Gasteiger partial charge in [-0.2, -0.15) is 0 Å². The van der Waals surface area contributed by atoms with Crippen LogP contribution in [0.25, 0.3) is 0 Å². The molecule has 0 heterocycles. The predicted molar refractivity (Wildman–Crippen MR) is 90.1 cm³/mol. The molecule has 3 nitrogen and oxygen atoms in total. The summed E-state index contributed by atoms with van der Waals surface area (Å²) in [5, 5.41) is 12.3. The molecule has 1 unspecified atom stereocenters. The van der Waals surface area contributed by atoms with Crippen molar-refractivity contribution in [2.75, 3.05) is 13.7 Å². The van der Waals surface area contributed by atoms with Gasteiger partial charge in [0.1, 0.15) is 0 Å². The number of hydrogen-bond donors (Lipinski definition) is 2. The summed E-state index contributed by atoms with van der Waals surface area (Å²) in [5.74, 6) is 1.74. The number of aliphatic hydroxyl groups is 1. The van der Waals surface area contributed by atoms with Crippen molar-refractivity contribution >= 4 is 5.91 Å². The van der Waals surface area contributed by atoms with Gasteiger partial charge in [-0.1, -0.05) is 59.8 Å². The summed E-state index contributed by atoms with van der Waals surface area (Å²) in [6, 6.07) is 0. The van der Waals surface area contributed by atoms with Crippen molar-refractivity contribution in [1.82, 2.24) is 5.32 Å². The summed E-state index contributed by atoms with van der Waals surface area (Å²) < 4.78 is 0. The van der Waals surface area contributed by atoms with Crippen LogP contribution in [-0.4, -0.2) is 24.7 Å². The minimum Gasteiger partial charge on any atom is -0.396 e. The van der Waals surface area contributed by atoms with Crippen molar-refractivity contribution in [3.05, 3.63) is 0 Å². The Morgan fingerprint density at radius 1 is 1.05 bits per heavy atom. The highest BCUT2D eigenvalue weighted by atomic mass is 16.3. The van der Waals surface area contributed by atoms with E-state index in [2.05, 4.69) is 33.0 Å². The number of amides is 1. The second-order valence-corrected chi connectivity index (χ2v) is 6.81. The maximum Gasteiger partial charge on any atom is 0.223 e. The van der Waals surface area contributed by atoms with E-state index in [0.29, 0.717) is 24.4 Å². The van der Waals surface area contributed by atoms with Crippen LogP contribution in [0.1, 0.15) is 72.6 Å². The number of carbonyl (C=O) groups is 1. The van der Waals surface area contributed by atoms with Gasteiger partial charge >= 0.3 is 0 Å². The maximum atomic E-state index is 11.8. The van der Waals surface area contributed by atoms with E-state index in [1.165, 1.54) is 12.8 Å². The molecule has 0 fully saturated rings. The minimum absolute atomic E-state index is 0.138. The number of rotatable bonds is 12. The monoisotopic (exact) mass is 299 g/mol. The van der Waals surface area contributed by atoms with Gasteiger partial charge in [-0.15, -0.1) is 0 Å². The quantitative estimate of drug-likeness (QED) is 0.535. The fraction of sp³-hybridized carbons (Fsp3) is 0.944. The van der Waals surface area contributed by atoms with Gasteiger partial charge in [-0.25, -0.2) is 0 Å². The standard InChI is InChI=1S/C18H37NO2/c1-6-7-11-16(13-20)15(4)10-8-9-12-17(14(2)3)18(21)19-5/h14-17,20H,6-13H2,1-5H3,(H,19,21)/t15?,16-,17+/m0/s1. The molecule has 126 valence electrons. The Labute approximate surface area is 131 Å². The molecule has 0 rings (SSSR count). The van der Waals surface area contributed by atoms with E-state index in [4.69, 9.17) is 0 Å². The largest absolute Gasteiger partial charge is 0.396 e. The zero-order chi connectivity index (χ0) is 16.3. The van der Waals surface area contributed by atoms with Gasteiger partial charge in [0.2, 0.25) is 5.91 Å². The summed E-state index contributed by atoms with van der Waals surface area (Å²) in [6.07, 6.45) is 7.95. The zero-order valence-corrected chi connectivity index (χ0v) is 14.8. The van der Waals surface area contributed by atoms with Crippen LogP contribution in [0.2, 0.25) is 0 Å². The number of carbonyl (C=O) groups excluding carboxylic acids is 1. The van der Waals surface area contributed by atoms with Crippen molar-refractivity contribution in [2.45, 2.75) is 72.6 Å². The van der Waals surface area contributed by atoms with Gasteiger partial charge in [0.05, 0.1) is 0 Å². The van der Waals surface area contributed by atoms with Crippen LogP contribution in [0.15, 0.2) is 0 Å². The number of nitrogens with one attached hydrogen (secondary N) is 1. The van der Waals surface area contributed by atoms with E-state index >= 15 is 0 Å². The van der Waals surface area contributed by atoms with Gasteiger partial charge < -0.3 is 10.4 Å². The third-order valence-corrected chi connectivity index (χ3v) is 4.78. The van der Waals surface area contributed by atoms with Crippen molar-refractivity contribution in [3.8, 4) is 0 Å². The first-order valence-corrected chi connectivity index (χ1v) is 8.80. The molecule has 2 N–H and O–H groups in total. The van der Waals surface area contributed by atoms with Crippen LogP contribution in [0.5, 0.6) is 0 Å². The molecule has 0 saturated carbocycles. The molecule has 0 saturated heterocycles. The molecule has 1 amide bonds. The molecule has 0 radical (unpaired) electrons. The van der Waals surface area contributed by atoms with Crippen LogP contribution in [0.3, 0.4) is 0 Å². The lowest BCUT2D eigenvalue weighted by atomic mass is 9.84. The fourth-order valence-corrected chi connectivity index (χ4v) is 3.04. The number of unbranched alkanes of at least 4 members (excludes halogenated alkanes) is 2. The Morgan fingerprint density at radius 2 is 1.67 bits per heavy atom. The molecule has 3 atom stereocenters. The second kappa shape index (κ2) is 12.0. The normalized spacial score (nSPS) is 15.8. The van der Waals surface area contributed by atoms with E-state index in [1.807, 2.05) is 0 Å². The molecule has 0 aliphatic carbocycles. The van der Waals surface area contributed by atoms with E-state index in [0.717, 1.165) is 32.1 Å². The van der Waals surface area contributed by atoms with Crippen LogP contribution >= 0.6 is 0 Å². The molecular weight excluding hydrogens is 262 g/mol. The van der Waals surface area contributed by atoms with Gasteiger partial charge in [-0.05, 0) is 30.6 Å². The average molecular weight is 299 g/mol. The number of hydrogen-bond acceptors (Lipinski definition) is 2. The first-order chi connectivity index (χ1) is 9.97. The molecule has 0 aromatic rings. The Morgan fingerprint density at radius 3 is 2.14 bits per heavy atom. The van der Waals surface area contributed by atoms with Crippen LogP contribution in [0, 0.1) is 23.7 Å². The van der Waals surface area contributed by atoms with Crippen LogP contribution in [0.4, 0.5) is 0 Å². The predicted octanol–water partition coefficient (Wildman–Crippen LogP) is 4.00. The van der Waals surface area contributed by atoms with Crippen LogP contribution < -0.4 is 5.32 Å². The molecule has 0 aliphatic rings. The SMILES string of the molecule is CCCC[C@@H](CO)C(C)CCCC[C@@H](C(=O)NC)C(C)C. The summed E-state index contributed by atoms with van der Waals surface area (Å²) >= 11 is 0. The Hall–Kier alpha value is -0.570. The smallest absolute Gasteiger partial charge is 0.223 e. The first-order valence-electron chi connectivity index (χ1n) is 8.80. The van der Waals surface area contributed by atoms with Crippen LogP contribution in [-0.2, 0) is 4.79 Å². The van der Waals surface area contributed by atoms with Gasteiger partial charge in [-0.3, -0.25) is 4.79 Å². The lowest BCUT2D eigenvalue weighted by Crippen LogP contribution is -2.30. The van der Waals surface area contributed by atoms with Crippen molar-refractivity contribution in [2.24, 2.45) is 23.7 Å². The molecule has 0 spiro atoms. The highest BCUT2D eigenvalue weighted by Crippen LogP contribution is 2.25. The lowest BCUT2D eigenvalue weighted by molar-refractivity contribution is -0.126. The van der Waals surface area contributed by atoms with Crippen molar-refractivity contribution in [1.29, 1.82) is 0 Å². The molecule has 0 bridgehead atoms. The molecule has 0 aliphatic heterocycles. The third-order valence-electron chi connectivity index (χ3n) is 4.78. The topological polar surface area (TPSA) is 49.3 Å². The Balaban J connectivity index is 4.03. The average Bonchev–Trinajstić information content (AvgIpc) is 2.46. The van der Waals surface area contributed by atoms with Gasteiger partial charge in [0, 0.05) is 19.6 Å². The summed E-state index contributed by atoms with van der Waals surface area (Å²) in [4.78, 5) is 11.8. The van der Waals surface area contributed by atoms with E-state index in [1.54, 1.807) is 7.05 Å². The molecular formula is C18H37NO2. The molecule has 21 heavy (non-hydrogen) atoms. The van der Waals surface area contributed by atoms with E-state index in [-0.39, 0.29) is 11.8 Å². The lowest BCUT2D eigenvalue weighted by Gasteiger charge is -2.23. The molecule has 3 heteroatoms. The molecule has 0 aromatic carbocycles. The Bertz CT molecular complexity index is 266. The van der Waals surface area contributed by atoms with Crippen molar-refractivity contribution in [3.63, 3.8) is 0 Å².